The minimum Gasteiger partial charge on any atom is -0.360 e. The van der Waals surface area contributed by atoms with Crippen LogP contribution in [-0.4, -0.2) is 33.7 Å². The Labute approximate surface area is 228 Å². The zero-order valence-electron chi connectivity index (χ0n) is 23.1. The van der Waals surface area contributed by atoms with Gasteiger partial charge in [-0.1, -0.05) is 49.6 Å². The summed E-state index contributed by atoms with van der Waals surface area (Å²) in [5.74, 6) is -0.445. The number of unbranched alkanes of at least 4 members (excludes halogenated alkanes) is 2. The predicted molar refractivity (Wildman–Crippen MR) is 144 cm³/mol. The molecule has 2 aliphatic rings. The Morgan fingerprint density at radius 1 is 1.03 bits per heavy atom. The highest BCUT2D eigenvalue weighted by Gasteiger charge is 2.39. The van der Waals surface area contributed by atoms with Gasteiger partial charge in [0.1, 0.15) is 11.5 Å². The van der Waals surface area contributed by atoms with Crippen LogP contribution in [0.1, 0.15) is 102 Å². The van der Waals surface area contributed by atoms with Gasteiger partial charge in [-0.2, -0.15) is 4.98 Å². The Balaban J connectivity index is 1.25. The summed E-state index contributed by atoms with van der Waals surface area (Å²) < 4.78 is 38.5. The second-order valence-electron chi connectivity index (χ2n) is 12.1. The van der Waals surface area contributed by atoms with Gasteiger partial charge in [0.25, 0.3) is 0 Å². The molecule has 2 aromatic heterocycles. The van der Waals surface area contributed by atoms with Crippen LogP contribution in [0.5, 0.6) is 0 Å². The molecule has 0 radical (unpaired) electrons. The van der Waals surface area contributed by atoms with Gasteiger partial charge < -0.3 is 13.9 Å². The molecule has 0 spiro atoms. The number of amides is 1. The summed E-state index contributed by atoms with van der Waals surface area (Å²) in [4.78, 5) is 19.9. The summed E-state index contributed by atoms with van der Waals surface area (Å²) in [5.41, 5.74) is 2.20. The number of nitrogens with zero attached hydrogens (tertiary/aromatic N) is 4. The molecule has 210 valence electrons. The van der Waals surface area contributed by atoms with Gasteiger partial charge in [0.05, 0.1) is 0 Å². The second kappa shape index (κ2) is 11.2. The summed E-state index contributed by atoms with van der Waals surface area (Å²) in [7, 11) is 0. The first-order valence-corrected chi connectivity index (χ1v) is 14.2. The average molecular weight is 541 g/mol. The quantitative estimate of drug-likeness (QED) is 0.248. The highest BCUT2D eigenvalue weighted by Crippen LogP contribution is 2.41. The maximum atomic E-state index is 13.8. The van der Waals surface area contributed by atoms with E-state index in [0.29, 0.717) is 30.6 Å². The zero-order chi connectivity index (χ0) is 27.6. The molecule has 0 unspecified atom stereocenters. The number of halogens is 2. The van der Waals surface area contributed by atoms with Gasteiger partial charge in [0.2, 0.25) is 17.7 Å². The van der Waals surface area contributed by atoms with Crippen molar-refractivity contribution in [3.8, 4) is 11.3 Å². The minimum atomic E-state index is -2.67. The third-order valence-electron chi connectivity index (χ3n) is 7.69. The number of carbonyl (C=O) groups is 1. The highest BCUT2D eigenvalue weighted by molar-refractivity contribution is 5.95. The Hall–Kier alpha value is -3.10. The summed E-state index contributed by atoms with van der Waals surface area (Å²) in [6.07, 6.45) is 5.43. The lowest BCUT2D eigenvalue weighted by Crippen LogP contribution is -2.40. The van der Waals surface area contributed by atoms with Crippen LogP contribution in [0.4, 0.5) is 14.5 Å². The third kappa shape index (κ3) is 6.92. The summed E-state index contributed by atoms with van der Waals surface area (Å²) in [5, 5.41) is 8.34. The van der Waals surface area contributed by atoms with Gasteiger partial charge in [0.15, 0.2) is 5.82 Å². The molecular formula is C30H38F2N4O3. The molecule has 0 bridgehead atoms. The van der Waals surface area contributed by atoms with Crippen LogP contribution >= 0.6 is 0 Å². The molecule has 9 heteroatoms. The minimum absolute atomic E-state index is 0.0746. The summed E-state index contributed by atoms with van der Waals surface area (Å²) in [6.45, 7) is 6.62. The summed E-state index contributed by atoms with van der Waals surface area (Å²) >= 11 is 0. The first-order chi connectivity index (χ1) is 18.6. The van der Waals surface area contributed by atoms with E-state index in [-0.39, 0.29) is 37.0 Å². The lowest BCUT2D eigenvalue weighted by molar-refractivity contribution is -0.126. The molecule has 1 aromatic carbocycles. The molecule has 1 amide bonds. The smallest absolute Gasteiger partial charge is 0.248 e. The number of aryl methyl sites for hydroxylation is 1. The number of carbonyl (C=O) groups excluding carboxylic acids is 1. The van der Waals surface area contributed by atoms with Crippen LogP contribution in [0.15, 0.2) is 39.4 Å². The van der Waals surface area contributed by atoms with E-state index in [4.69, 9.17) is 9.05 Å². The Kier molecular flexibility index (Phi) is 7.87. The topological polar surface area (TPSA) is 85.3 Å². The molecule has 2 fully saturated rings. The molecule has 0 atom stereocenters. The molecule has 0 aliphatic heterocycles. The first kappa shape index (κ1) is 27.5. The lowest BCUT2D eigenvalue weighted by atomic mass is 9.85. The molecule has 2 saturated carbocycles. The molecule has 0 N–H and O–H groups in total. The number of hydrogen-bond donors (Lipinski definition) is 0. The average Bonchev–Trinajstić information content (AvgIpc) is 3.41. The molecule has 0 saturated heterocycles. The van der Waals surface area contributed by atoms with Crippen molar-refractivity contribution >= 4 is 11.6 Å². The first-order valence-electron chi connectivity index (χ1n) is 14.2. The maximum Gasteiger partial charge on any atom is 0.248 e. The standard InChI is InChI=1S/C30H38F2N4O3/c1-29(2,3)28-33-26(35-39-28)10-5-4-6-17-36(27(37)21-13-15-30(31,32)16-14-21)23-9-7-8-22(18-23)24-19-25(38-34-24)20-11-12-20/h7-9,18-21H,4-6,10-17H2,1-3H3. The van der Waals surface area contributed by atoms with E-state index in [0.717, 1.165) is 54.8 Å². The van der Waals surface area contributed by atoms with Crippen molar-refractivity contribution < 1.29 is 22.6 Å². The number of alkyl halides is 2. The van der Waals surface area contributed by atoms with E-state index in [1.54, 1.807) is 4.90 Å². The number of aromatic nitrogens is 3. The van der Waals surface area contributed by atoms with E-state index < -0.39 is 11.8 Å². The molecule has 2 aliphatic carbocycles. The Bertz CT molecular complexity index is 1260. The van der Waals surface area contributed by atoms with Crippen LogP contribution < -0.4 is 4.90 Å². The molecule has 5 rings (SSSR count). The molecule has 2 heterocycles. The van der Waals surface area contributed by atoms with Gasteiger partial charge in [-0.25, -0.2) is 8.78 Å². The van der Waals surface area contributed by atoms with Crippen molar-refractivity contribution in [2.75, 3.05) is 11.4 Å². The van der Waals surface area contributed by atoms with Crippen molar-refractivity contribution in [3.63, 3.8) is 0 Å². The van der Waals surface area contributed by atoms with Crippen molar-refractivity contribution in [1.82, 2.24) is 15.3 Å². The van der Waals surface area contributed by atoms with Crippen molar-refractivity contribution in [2.24, 2.45) is 5.92 Å². The fourth-order valence-electron chi connectivity index (χ4n) is 5.08. The van der Waals surface area contributed by atoms with Crippen molar-refractivity contribution in [2.45, 2.75) is 102 Å². The predicted octanol–water partition coefficient (Wildman–Crippen LogP) is 7.47. The van der Waals surface area contributed by atoms with E-state index >= 15 is 0 Å². The maximum absolute atomic E-state index is 13.8. The van der Waals surface area contributed by atoms with E-state index in [1.165, 1.54) is 0 Å². The molecule has 7 nitrogen and oxygen atoms in total. The fraction of sp³-hybridized carbons (Fsp3) is 0.600. The van der Waals surface area contributed by atoms with Crippen LogP contribution in [0, 0.1) is 5.92 Å². The summed E-state index contributed by atoms with van der Waals surface area (Å²) in [6, 6.07) is 9.72. The number of hydrogen-bond acceptors (Lipinski definition) is 6. The van der Waals surface area contributed by atoms with Crippen molar-refractivity contribution in [1.29, 1.82) is 0 Å². The van der Waals surface area contributed by atoms with Crippen LogP contribution in [-0.2, 0) is 16.6 Å². The lowest BCUT2D eigenvalue weighted by Gasteiger charge is -2.32. The monoisotopic (exact) mass is 540 g/mol. The zero-order valence-corrected chi connectivity index (χ0v) is 23.1. The van der Waals surface area contributed by atoms with E-state index in [1.807, 2.05) is 51.1 Å². The van der Waals surface area contributed by atoms with Crippen molar-refractivity contribution in [3.05, 3.63) is 47.8 Å². The third-order valence-corrected chi connectivity index (χ3v) is 7.69. The number of rotatable bonds is 10. The molecule has 39 heavy (non-hydrogen) atoms. The Morgan fingerprint density at radius 3 is 2.49 bits per heavy atom. The molecular weight excluding hydrogens is 502 g/mol. The Morgan fingerprint density at radius 2 is 1.79 bits per heavy atom. The second-order valence-corrected chi connectivity index (χ2v) is 12.1. The van der Waals surface area contributed by atoms with Gasteiger partial charge in [-0.3, -0.25) is 4.79 Å². The largest absolute Gasteiger partial charge is 0.360 e. The van der Waals surface area contributed by atoms with Crippen LogP contribution in [0.25, 0.3) is 11.3 Å². The number of benzene rings is 1. The van der Waals surface area contributed by atoms with Crippen LogP contribution in [0.2, 0.25) is 0 Å². The SMILES string of the molecule is CC(C)(C)c1nc(CCCCCN(C(=O)C2CCC(F)(F)CC2)c2cccc(-c3cc(C4CC4)on3)c2)no1. The van der Waals surface area contributed by atoms with Gasteiger partial charge in [-0.05, 0) is 50.7 Å². The van der Waals surface area contributed by atoms with E-state index in [2.05, 4.69) is 15.3 Å². The van der Waals surface area contributed by atoms with Gasteiger partial charge in [-0.15, -0.1) is 0 Å². The van der Waals surface area contributed by atoms with Gasteiger partial charge in [0, 0.05) is 60.4 Å². The normalized spacial score (nSPS) is 17.9. The van der Waals surface area contributed by atoms with Crippen LogP contribution in [0.3, 0.4) is 0 Å². The highest BCUT2D eigenvalue weighted by atomic mass is 19.3. The molecule has 3 aromatic rings. The fourth-order valence-corrected chi connectivity index (χ4v) is 5.08. The number of anilines is 1. The van der Waals surface area contributed by atoms with Gasteiger partial charge >= 0.3 is 0 Å². The van der Waals surface area contributed by atoms with E-state index in [9.17, 15) is 13.6 Å².